The molecule has 0 saturated carbocycles. The first-order valence-corrected chi connectivity index (χ1v) is 10.0. The van der Waals surface area contributed by atoms with Crippen LogP contribution in [0.15, 0.2) is 63.9 Å². The Morgan fingerprint density at radius 2 is 1.91 bits per heavy atom. The highest BCUT2D eigenvalue weighted by atomic mass is 35.5. The van der Waals surface area contributed by atoms with Gasteiger partial charge in [0, 0.05) is 17.8 Å². The number of anilines is 1. The van der Waals surface area contributed by atoms with Crippen LogP contribution in [0.2, 0.25) is 5.02 Å². The molecule has 0 bridgehead atoms. The summed E-state index contributed by atoms with van der Waals surface area (Å²) in [6, 6.07) is 14.3. The molecule has 0 unspecified atom stereocenters. The fourth-order valence-electron chi connectivity index (χ4n) is 3.09. The smallest absolute Gasteiger partial charge is 0.338 e. The van der Waals surface area contributed by atoms with E-state index in [1.54, 1.807) is 56.3 Å². The first-order valence-electron chi connectivity index (χ1n) is 9.65. The van der Waals surface area contributed by atoms with Gasteiger partial charge >= 0.3 is 5.97 Å². The number of esters is 1. The Morgan fingerprint density at radius 3 is 2.69 bits per heavy atom. The molecule has 2 aromatic heterocycles. The van der Waals surface area contributed by atoms with Gasteiger partial charge in [-0.2, -0.15) is 0 Å². The number of fused-ring (bicyclic) bond motifs is 1. The van der Waals surface area contributed by atoms with Crippen molar-refractivity contribution in [2.45, 2.75) is 20.5 Å². The minimum absolute atomic E-state index is 0.190. The maximum absolute atomic E-state index is 12.6. The third kappa shape index (κ3) is 4.40. The van der Waals surface area contributed by atoms with Crippen LogP contribution >= 0.6 is 11.6 Å². The molecule has 0 radical (unpaired) electrons. The zero-order valence-electron chi connectivity index (χ0n) is 17.2. The number of carbonyl (C=O) groups excluding carboxylic acids is 2. The number of nitrogens with one attached hydrogen (secondary N) is 1. The van der Waals surface area contributed by atoms with Crippen molar-refractivity contribution in [2.24, 2.45) is 0 Å². The average molecular weight is 452 g/mol. The zero-order valence-corrected chi connectivity index (χ0v) is 18.0. The topological polar surface area (TPSA) is 103 Å². The van der Waals surface area contributed by atoms with E-state index in [0.29, 0.717) is 33.4 Å². The van der Waals surface area contributed by atoms with Crippen LogP contribution in [0.3, 0.4) is 0 Å². The summed E-state index contributed by atoms with van der Waals surface area (Å²) in [6.45, 7) is 3.31. The predicted octanol–water partition coefficient (Wildman–Crippen LogP) is 4.17. The largest absolute Gasteiger partial charge is 0.456 e. The molecule has 4 rings (SSSR count). The van der Waals surface area contributed by atoms with Crippen LogP contribution in [0.4, 0.5) is 5.69 Å². The van der Waals surface area contributed by atoms with Crippen LogP contribution in [0.1, 0.15) is 37.7 Å². The second kappa shape index (κ2) is 8.68. The number of hydrogen-bond acceptors (Lipinski definition) is 6. The molecule has 4 aromatic rings. The van der Waals surface area contributed by atoms with Crippen molar-refractivity contribution < 1.29 is 18.8 Å². The fourth-order valence-corrected chi connectivity index (χ4v) is 3.31. The number of carbonyl (C=O) groups is 2. The highest BCUT2D eigenvalue weighted by Gasteiger charge is 2.15. The number of benzene rings is 2. The van der Waals surface area contributed by atoms with Gasteiger partial charge in [0.05, 0.1) is 21.8 Å². The Hall–Kier alpha value is -3.91. The minimum Gasteiger partial charge on any atom is -0.456 e. The Balaban J connectivity index is 1.49. The molecule has 2 aromatic carbocycles. The van der Waals surface area contributed by atoms with Crippen molar-refractivity contribution in [1.82, 2.24) is 9.56 Å². The van der Waals surface area contributed by atoms with Crippen LogP contribution in [-0.4, -0.2) is 21.4 Å². The molecule has 0 atom stereocenters. The second-order valence-electron chi connectivity index (χ2n) is 7.12. The van der Waals surface area contributed by atoms with Gasteiger partial charge in [-0.3, -0.25) is 9.59 Å². The normalized spacial score (nSPS) is 10.8. The highest BCUT2D eigenvalue weighted by Crippen LogP contribution is 2.21. The summed E-state index contributed by atoms with van der Waals surface area (Å²) in [7, 11) is 0. The lowest BCUT2D eigenvalue weighted by atomic mass is 10.1. The molecule has 9 heteroatoms. The Morgan fingerprint density at radius 1 is 1.12 bits per heavy atom. The number of ether oxygens (including phenoxy) is 1. The van der Waals surface area contributed by atoms with Gasteiger partial charge in [0.15, 0.2) is 5.65 Å². The van der Waals surface area contributed by atoms with Gasteiger partial charge in [-0.25, -0.2) is 9.78 Å². The summed E-state index contributed by atoms with van der Waals surface area (Å²) in [5.41, 5.74) is 2.00. The SMILES string of the molecule is Cc1cc2nc(COC(=O)c3ccc(C)c(NC(=O)c4ccccc4Cl)c3)cc(=O)n2o1. The van der Waals surface area contributed by atoms with E-state index in [4.69, 9.17) is 20.9 Å². The zero-order chi connectivity index (χ0) is 22.8. The van der Waals surface area contributed by atoms with E-state index in [0.717, 1.165) is 10.1 Å². The molecule has 0 aliphatic heterocycles. The first kappa shape index (κ1) is 21.3. The van der Waals surface area contributed by atoms with Crippen LogP contribution in [-0.2, 0) is 11.3 Å². The van der Waals surface area contributed by atoms with E-state index in [-0.39, 0.29) is 12.2 Å². The molecule has 0 saturated heterocycles. The number of rotatable bonds is 5. The molecular formula is C23H18ClN3O5. The third-order valence-corrected chi connectivity index (χ3v) is 5.04. The number of nitrogens with zero attached hydrogens (tertiary/aromatic N) is 2. The number of amides is 1. The number of hydrogen-bond donors (Lipinski definition) is 1. The van der Waals surface area contributed by atoms with Gasteiger partial charge in [0.2, 0.25) is 0 Å². The minimum atomic E-state index is -0.622. The van der Waals surface area contributed by atoms with E-state index < -0.39 is 17.4 Å². The fraction of sp³-hybridized carbons (Fsp3) is 0.130. The maximum atomic E-state index is 12.6. The van der Waals surface area contributed by atoms with Gasteiger partial charge in [0.1, 0.15) is 12.4 Å². The van der Waals surface area contributed by atoms with Crippen molar-refractivity contribution in [3.8, 4) is 0 Å². The number of aromatic nitrogens is 2. The summed E-state index contributed by atoms with van der Waals surface area (Å²) < 4.78 is 11.6. The van der Waals surface area contributed by atoms with Crippen molar-refractivity contribution >= 4 is 34.8 Å². The molecule has 1 amide bonds. The summed E-state index contributed by atoms with van der Waals surface area (Å²) >= 11 is 6.08. The second-order valence-corrected chi connectivity index (χ2v) is 7.53. The van der Waals surface area contributed by atoms with Crippen molar-refractivity contribution in [3.63, 3.8) is 0 Å². The van der Waals surface area contributed by atoms with Crippen molar-refractivity contribution in [1.29, 1.82) is 0 Å². The molecule has 0 fully saturated rings. The molecule has 0 aliphatic rings. The van der Waals surface area contributed by atoms with E-state index in [2.05, 4.69) is 10.3 Å². The molecule has 32 heavy (non-hydrogen) atoms. The Kier molecular flexibility index (Phi) is 5.79. The Labute approximate surface area is 187 Å². The van der Waals surface area contributed by atoms with Crippen molar-refractivity contribution in [3.05, 3.63) is 98.1 Å². The number of aryl methyl sites for hydroxylation is 2. The van der Waals surface area contributed by atoms with Gasteiger partial charge in [-0.1, -0.05) is 29.8 Å². The maximum Gasteiger partial charge on any atom is 0.338 e. The quantitative estimate of drug-likeness (QED) is 0.457. The van der Waals surface area contributed by atoms with Crippen LogP contribution in [0.5, 0.6) is 0 Å². The van der Waals surface area contributed by atoms with E-state index >= 15 is 0 Å². The summed E-state index contributed by atoms with van der Waals surface area (Å²) in [4.78, 5) is 41.5. The molecule has 1 N–H and O–H groups in total. The van der Waals surface area contributed by atoms with Crippen LogP contribution in [0.25, 0.3) is 5.65 Å². The van der Waals surface area contributed by atoms with Gasteiger partial charge in [-0.05, 0) is 43.7 Å². The van der Waals surface area contributed by atoms with Gasteiger partial charge in [0.25, 0.3) is 11.5 Å². The summed E-state index contributed by atoms with van der Waals surface area (Å²) in [6.07, 6.45) is 0. The monoisotopic (exact) mass is 451 g/mol. The van der Waals surface area contributed by atoms with E-state index in [1.165, 1.54) is 12.1 Å². The molecule has 0 aliphatic carbocycles. The number of halogens is 1. The van der Waals surface area contributed by atoms with Crippen LogP contribution < -0.4 is 10.9 Å². The standard InChI is InChI=1S/C23H18ClN3O5/c1-13-7-8-15(10-19(13)26-22(29)17-5-3-4-6-18(17)24)23(30)31-12-16-11-21(28)27-20(25-16)9-14(2)32-27/h3-11H,12H2,1-2H3,(H,26,29). The first-order chi connectivity index (χ1) is 15.3. The lowest BCUT2D eigenvalue weighted by molar-refractivity contribution is 0.0467. The van der Waals surface area contributed by atoms with Crippen molar-refractivity contribution in [2.75, 3.05) is 5.32 Å². The molecule has 2 heterocycles. The molecule has 162 valence electrons. The van der Waals surface area contributed by atoms with Gasteiger partial charge in [-0.15, -0.1) is 4.57 Å². The summed E-state index contributed by atoms with van der Waals surface area (Å²) in [5.74, 6) is -0.476. The predicted molar refractivity (Wildman–Crippen MR) is 118 cm³/mol. The van der Waals surface area contributed by atoms with E-state index in [9.17, 15) is 14.4 Å². The third-order valence-electron chi connectivity index (χ3n) is 4.72. The lowest BCUT2D eigenvalue weighted by Gasteiger charge is -2.11. The molecule has 0 spiro atoms. The summed E-state index contributed by atoms with van der Waals surface area (Å²) in [5, 5.41) is 3.09. The van der Waals surface area contributed by atoms with E-state index in [1.807, 2.05) is 0 Å². The highest BCUT2D eigenvalue weighted by molar-refractivity contribution is 6.34. The molecular weight excluding hydrogens is 434 g/mol. The van der Waals surface area contributed by atoms with Crippen LogP contribution in [0, 0.1) is 13.8 Å². The van der Waals surface area contributed by atoms with Gasteiger partial charge < -0.3 is 14.6 Å². The lowest BCUT2D eigenvalue weighted by Crippen LogP contribution is -2.16. The average Bonchev–Trinajstić information content (AvgIpc) is 3.14. The molecule has 8 nitrogen and oxygen atoms in total. The Bertz CT molecular complexity index is 1410.